The standard InChI is InChI=1S/C17H21ClN4O/c18-15-8-12(3-4-13(15)9-19)10-21-17(23)22-7-1-2-14-11-20-6-5-16(14)22/h3-4,8,14,16,20H,1-2,5-7,10-11H2,(H,21,23). The van der Waals surface area contributed by atoms with Crippen molar-refractivity contribution in [3.63, 3.8) is 0 Å². The van der Waals surface area contributed by atoms with Gasteiger partial charge in [-0.15, -0.1) is 0 Å². The number of benzene rings is 1. The van der Waals surface area contributed by atoms with Gasteiger partial charge < -0.3 is 15.5 Å². The van der Waals surface area contributed by atoms with Crippen LogP contribution in [0.4, 0.5) is 4.79 Å². The van der Waals surface area contributed by atoms with Gasteiger partial charge in [-0.1, -0.05) is 17.7 Å². The van der Waals surface area contributed by atoms with E-state index < -0.39 is 0 Å². The van der Waals surface area contributed by atoms with E-state index in [9.17, 15) is 4.79 Å². The van der Waals surface area contributed by atoms with Crippen LogP contribution in [-0.4, -0.2) is 36.6 Å². The summed E-state index contributed by atoms with van der Waals surface area (Å²) in [7, 11) is 0. The maximum atomic E-state index is 12.5. The fraction of sp³-hybridized carbons (Fsp3) is 0.529. The Labute approximate surface area is 141 Å². The van der Waals surface area contributed by atoms with E-state index in [1.807, 2.05) is 17.0 Å². The summed E-state index contributed by atoms with van der Waals surface area (Å²) in [4.78, 5) is 14.5. The molecular weight excluding hydrogens is 312 g/mol. The van der Waals surface area contributed by atoms with Gasteiger partial charge in [0, 0.05) is 19.1 Å². The third kappa shape index (κ3) is 3.60. The molecule has 23 heavy (non-hydrogen) atoms. The van der Waals surface area contributed by atoms with Crippen LogP contribution in [0.3, 0.4) is 0 Å². The molecule has 1 aromatic carbocycles. The normalized spacial score (nSPS) is 23.7. The highest BCUT2D eigenvalue weighted by molar-refractivity contribution is 6.31. The molecule has 2 unspecified atom stereocenters. The maximum Gasteiger partial charge on any atom is 0.317 e. The molecule has 2 heterocycles. The van der Waals surface area contributed by atoms with Gasteiger partial charge in [0.25, 0.3) is 0 Å². The second-order valence-corrected chi connectivity index (χ2v) is 6.65. The van der Waals surface area contributed by atoms with Gasteiger partial charge in [-0.2, -0.15) is 5.26 Å². The number of piperidine rings is 2. The molecule has 0 bridgehead atoms. The van der Waals surface area contributed by atoms with Gasteiger partial charge >= 0.3 is 6.03 Å². The number of fused-ring (bicyclic) bond motifs is 1. The van der Waals surface area contributed by atoms with E-state index in [1.165, 1.54) is 6.42 Å². The van der Waals surface area contributed by atoms with E-state index >= 15 is 0 Å². The highest BCUT2D eigenvalue weighted by Crippen LogP contribution is 2.27. The Morgan fingerprint density at radius 2 is 2.35 bits per heavy atom. The molecule has 2 aliphatic heterocycles. The molecule has 0 aromatic heterocycles. The van der Waals surface area contributed by atoms with Crippen LogP contribution in [0.15, 0.2) is 18.2 Å². The smallest absolute Gasteiger partial charge is 0.317 e. The molecule has 1 aromatic rings. The Bertz CT molecular complexity index is 626. The van der Waals surface area contributed by atoms with Crippen molar-refractivity contribution in [1.82, 2.24) is 15.5 Å². The Morgan fingerprint density at radius 1 is 1.48 bits per heavy atom. The molecule has 2 N–H and O–H groups in total. The number of hydrogen-bond donors (Lipinski definition) is 2. The zero-order valence-electron chi connectivity index (χ0n) is 13.0. The molecule has 2 fully saturated rings. The summed E-state index contributed by atoms with van der Waals surface area (Å²) >= 11 is 6.03. The van der Waals surface area contributed by atoms with E-state index in [-0.39, 0.29) is 6.03 Å². The number of carbonyl (C=O) groups excluding carboxylic acids is 1. The van der Waals surface area contributed by atoms with Crippen molar-refractivity contribution in [1.29, 1.82) is 5.26 Å². The zero-order valence-corrected chi connectivity index (χ0v) is 13.8. The number of urea groups is 1. The van der Waals surface area contributed by atoms with E-state index in [2.05, 4.69) is 10.6 Å². The van der Waals surface area contributed by atoms with Crippen molar-refractivity contribution in [3.8, 4) is 6.07 Å². The summed E-state index contributed by atoms with van der Waals surface area (Å²) in [6.45, 7) is 3.26. The second-order valence-electron chi connectivity index (χ2n) is 6.24. The number of nitriles is 1. The SMILES string of the molecule is N#Cc1ccc(CNC(=O)N2CCCC3CNCCC32)cc1Cl. The van der Waals surface area contributed by atoms with Gasteiger partial charge in [-0.3, -0.25) is 0 Å². The number of amides is 2. The molecule has 0 radical (unpaired) electrons. The van der Waals surface area contributed by atoms with E-state index in [0.717, 1.165) is 38.0 Å². The highest BCUT2D eigenvalue weighted by atomic mass is 35.5. The summed E-state index contributed by atoms with van der Waals surface area (Å²) in [5, 5.41) is 15.7. The molecular formula is C17H21ClN4O. The first kappa shape index (κ1) is 16.1. The number of carbonyl (C=O) groups is 1. The summed E-state index contributed by atoms with van der Waals surface area (Å²) in [6, 6.07) is 7.65. The van der Waals surface area contributed by atoms with Crippen LogP contribution < -0.4 is 10.6 Å². The van der Waals surface area contributed by atoms with Crippen LogP contribution in [0.25, 0.3) is 0 Å². The molecule has 122 valence electrons. The molecule has 2 amide bonds. The zero-order chi connectivity index (χ0) is 16.2. The maximum absolute atomic E-state index is 12.5. The Morgan fingerprint density at radius 3 is 3.13 bits per heavy atom. The largest absolute Gasteiger partial charge is 0.334 e. The fourth-order valence-corrected chi connectivity index (χ4v) is 3.84. The summed E-state index contributed by atoms with van der Waals surface area (Å²) in [6.07, 6.45) is 3.30. The predicted octanol–water partition coefficient (Wildman–Crippen LogP) is 2.50. The Kier molecular flexibility index (Phi) is 5.04. The quantitative estimate of drug-likeness (QED) is 0.874. The van der Waals surface area contributed by atoms with Crippen LogP contribution in [0.1, 0.15) is 30.4 Å². The topological polar surface area (TPSA) is 68.2 Å². The van der Waals surface area contributed by atoms with Gasteiger partial charge in [-0.25, -0.2) is 4.79 Å². The van der Waals surface area contributed by atoms with Gasteiger partial charge in [0.15, 0.2) is 0 Å². The molecule has 6 heteroatoms. The van der Waals surface area contributed by atoms with Gasteiger partial charge in [-0.05, 0) is 56.0 Å². The summed E-state index contributed by atoms with van der Waals surface area (Å²) < 4.78 is 0. The van der Waals surface area contributed by atoms with Gasteiger partial charge in [0.2, 0.25) is 0 Å². The number of nitrogens with one attached hydrogen (secondary N) is 2. The Balaban J connectivity index is 1.60. The molecule has 2 aliphatic rings. The van der Waals surface area contributed by atoms with Crippen molar-refractivity contribution in [2.24, 2.45) is 5.92 Å². The van der Waals surface area contributed by atoms with Crippen LogP contribution >= 0.6 is 11.6 Å². The monoisotopic (exact) mass is 332 g/mol. The van der Waals surface area contributed by atoms with Crippen molar-refractivity contribution in [2.75, 3.05) is 19.6 Å². The van der Waals surface area contributed by atoms with E-state index in [0.29, 0.717) is 29.1 Å². The van der Waals surface area contributed by atoms with Gasteiger partial charge in [0.1, 0.15) is 6.07 Å². The first-order valence-electron chi connectivity index (χ1n) is 8.13. The molecule has 0 spiro atoms. The lowest BCUT2D eigenvalue weighted by atomic mass is 9.85. The Hall–Kier alpha value is -1.77. The van der Waals surface area contributed by atoms with E-state index in [1.54, 1.807) is 12.1 Å². The molecule has 2 atom stereocenters. The van der Waals surface area contributed by atoms with Crippen LogP contribution in [0.2, 0.25) is 5.02 Å². The molecule has 0 saturated carbocycles. The molecule has 0 aliphatic carbocycles. The lowest BCUT2D eigenvalue weighted by molar-refractivity contribution is 0.0915. The molecule has 2 saturated heterocycles. The predicted molar refractivity (Wildman–Crippen MR) is 89.1 cm³/mol. The first-order chi connectivity index (χ1) is 11.2. The minimum Gasteiger partial charge on any atom is -0.334 e. The lowest BCUT2D eigenvalue weighted by Crippen LogP contribution is -2.57. The number of rotatable bonds is 2. The minimum atomic E-state index is 0.00193. The van der Waals surface area contributed by atoms with Crippen LogP contribution in [0.5, 0.6) is 0 Å². The molecule has 5 nitrogen and oxygen atoms in total. The van der Waals surface area contributed by atoms with Crippen molar-refractivity contribution >= 4 is 17.6 Å². The average molecular weight is 333 g/mol. The van der Waals surface area contributed by atoms with Crippen LogP contribution in [0, 0.1) is 17.2 Å². The van der Waals surface area contributed by atoms with Gasteiger partial charge in [0.05, 0.1) is 10.6 Å². The summed E-state index contributed by atoms with van der Waals surface area (Å²) in [5.41, 5.74) is 1.36. The number of nitrogens with zero attached hydrogens (tertiary/aromatic N) is 2. The first-order valence-corrected chi connectivity index (χ1v) is 8.50. The highest BCUT2D eigenvalue weighted by Gasteiger charge is 2.35. The lowest BCUT2D eigenvalue weighted by Gasteiger charge is -2.44. The molecule has 3 rings (SSSR count). The number of likely N-dealkylation sites (tertiary alicyclic amines) is 1. The third-order valence-electron chi connectivity index (χ3n) is 4.80. The van der Waals surface area contributed by atoms with Crippen molar-refractivity contribution in [2.45, 2.75) is 31.8 Å². The van der Waals surface area contributed by atoms with E-state index in [4.69, 9.17) is 16.9 Å². The van der Waals surface area contributed by atoms with Crippen molar-refractivity contribution < 1.29 is 4.79 Å². The fourth-order valence-electron chi connectivity index (χ4n) is 3.59. The second kappa shape index (κ2) is 7.20. The number of hydrogen-bond acceptors (Lipinski definition) is 3. The third-order valence-corrected chi connectivity index (χ3v) is 5.11. The summed E-state index contributed by atoms with van der Waals surface area (Å²) in [5.74, 6) is 0.576. The van der Waals surface area contributed by atoms with Crippen molar-refractivity contribution in [3.05, 3.63) is 34.3 Å². The average Bonchev–Trinajstić information content (AvgIpc) is 2.59. The minimum absolute atomic E-state index is 0.00193. The number of halogens is 1. The van der Waals surface area contributed by atoms with Crippen LogP contribution in [-0.2, 0) is 6.54 Å².